The summed E-state index contributed by atoms with van der Waals surface area (Å²) in [4.78, 5) is 24.3. The second-order valence-electron chi connectivity index (χ2n) is 6.13. The number of carbonyl (C=O) groups is 2. The number of benzene rings is 2. The number of hydrogen-bond acceptors (Lipinski definition) is 4. The van der Waals surface area contributed by atoms with Gasteiger partial charge in [0.25, 0.3) is 5.91 Å². The van der Waals surface area contributed by atoms with Gasteiger partial charge >= 0.3 is 6.09 Å². The van der Waals surface area contributed by atoms with Crippen LogP contribution < -0.4 is 10.4 Å². The number of amides is 2. The smallest absolute Gasteiger partial charge is 0.412 e. The number of hydroxylamine groups is 1. The molecule has 0 fully saturated rings. The van der Waals surface area contributed by atoms with Crippen molar-refractivity contribution >= 4 is 23.4 Å². The maximum atomic E-state index is 12.3. The number of carbonyl (C=O) groups excluding carboxylic acids is 2. The van der Waals surface area contributed by atoms with Gasteiger partial charge in [0.2, 0.25) is 0 Å². The maximum absolute atomic E-state index is 12.3. The predicted octanol–water partition coefficient (Wildman–Crippen LogP) is 4.07. The second-order valence-corrected chi connectivity index (χ2v) is 6.13. The summed E-state index contributed by atoms with van der Waals surface area (Å²) in [5.74, 6) is -0.603. The lowest BCUT2D eigenvalue weighted by molar-refractivity contribution is 0.0635. The second kappa shape index (κ2) is 7.14. The van der Waals surface area contributed by atoms with E-state index in [9.17, 15) is 14.8 Å². The van der Waals surface area contributed by atoms with E-state index in [2.05, 4.69) is 5.32 Å². The van der Waals surface area contributed by atoms with Crippen LogP contribution in [0.25, 0.3) is 0 Å². The molecule has 6 nitrogen and oxygen atoms in total. The Morgan fingerprint density at radius 3 is 2.21 bits per heavy atom. The number of hydrogen-bond donors (Lipinski definition) is 2. The average Bonchev–Trinajstić information content (AvgIpc) is 2.53. The van der Waals surface area contributed by atoms with Crippen LogP contribution in [0.4, 0.5) is 16.2 Å². The third-order valence-corrected chi connectivity index (χ3v) is 2.98. The summed E-state index contributed by atoms with van der Waals surface area (Å²) < 4.78 is 5.19. The van der Waals surface area contributed by atoms with E-state index >= 15 is 0 Å². The molecule has 2 aromatic carbocycles. The lowest BCUT2D eigenvalue weighted by Gasteiger charge is -2.22. The Hall–Kier alpha value is -2.86. The van der Waals surface area contributed by atoms with Crippen LogP contribution in [-0.4, -0.2) is 22.8 Å². The lowest BCUT2D eigenvalue weighted by atomic mass is 10.2. The van der Waals surface area contributed by atoms with Gasteiger partial charge in [-0.05, 0) is 45.0 Å². The van der Waals surface area contributed by atoms with E-state index in [-0.39, 0.29) is 11.4 Å². The fraction of sp³-hybridized carbons (Fsp3) is 0.222. The van der Waals surface area contributed by atoms with Crippen molar-refractivity contribution in [3.63, 3.8) is 0 Å². The number of anilines is 2. The molecule has 0 radical (unpaired) electrons. The van der Waals surface area contributed by atoms with Crippen molar-refractivity contribution in [2.45, 2.75) is 26.4 Å². The highest BCUT2D eigenvalue weighted by molar-refractivity contribution is 6.06. The number of para-hydroxylation sites is 2. The Morgan fingerprint density at radius 2 is 1.58 bits per heavy atom. The lowest BCUT2D eigenvalue weighted by Crippen LogP contribution is -2.30. The SMILES string of the molecule is CC(C)(C)OC(=O)Nc1ccccc1N(O)C(=O)c1ccccc1. The Kier molecular flexibility index (Phi) is 5.21. The highest BCUT2D eigenvalue weighted by Crippen LogP contribution is 2.26. The molecular weight excluding hydrogens is 308 g/mol. The van der Waals surface area contributed by atoms with E-state index in [0.717, 1.165) is 0 Å². The summed E-state index contributed by atoms with van der Waals surface area (Å²) >= 11 is 0. The van der Waals surface area contributed by atoms with E-state index in [4.69, 9.17) is 4.74 Å². The first kappa shape index (κ1) is 17.5. The van der Waals surface area contributed by atoms with Crippen molar-refractivity contribution in [1.29, 1.82) is 0 Å². The van der Waals surface area contributed by atoms with Crippen molar-refractivity contribution in [2.75, 3.05) is 10.4 Å². The van der Waals surface area contributed by atoms with Crippen LogP contribution in [0.15, 0.2) is 54.6 Å². The minimum Gasteiger partial charge on any atom is -0.444 e. The van der Waals surface area contributed by atoms with Crippen LogP contribution in [0, 0.1) is 0 Å². The van der Waals surface area contributed by atoms with E-state index in [1.165, 1.54) is 6.07 Å². The number of nitrogens with one attached hydrogen (secondary N) is 1. The van der Waals surface area contributed by atoms with Gasteiger partial charge < -0.3 is 4.74 Å². The van der Waals surface area contributed by atoms with E-state index in [0.29, 0.717) is 10.6 Å². The van der Waals surface area contributed by atoms with Crippen LogP contribution in [0.5, 0.6) is 0 Å². The highest BCUT2D eigenvalue weighted by Gasteiger charge is 2.21. The standard InChI is InChI=1S/C18H20N2O4/c1-18(2,3)24-17(22)19-14-11-7-8-12-15(14)20(23)16(21)13-9-5-4-6-10-13/h4-12,23H,1-3H3,(H,19,22). The van der Waals surface area contributed by atoms with Gasteiger partial charge in [-0.2, -0.15) is 5.06 Å². The molecule has 2 rings (SSSR count). The molecule has 0 saturated carbocycles. The topological polar surface area (TPSA) is 78.9 Å². The predicted molar refractivity (Wildman–Crippen MR) is 91.3 cm³/mol. The van der Waals surface area contributed by atoms with Crippen molar-refractivity contribution in [1.82, 2.24) is 0 Å². The molecular formula is C18H20N2O4. The summed E-state index contributed by atoms with van der Waals surface area (Å²) in [5.41, 5.74) is 0.0837. The Morgan fingerprint density at radius 1 is 1.00 bits per heavy atom. The van der Waals surface area contributed by atoms with Crippen molar-refractivity contribution in [3.8, 4) is 0 Å². The van der Waals surface area contributed by atoms with Crippen molar-refractivity contribution in [2.24, 2.45) is 0 Å². The Labute approximate surface area is 140 Å². The molecule has 0 spiro atoms. The maximum Gasteiger partial charge on any atom is 0.412 e. The van der Waals surface area contributed by atoms with Gasteiger partial charge in [-0.3, -0.25) is 15.3 Å². The molecule has 0 aliphatic rings. The first-order valence-electron chi connectivity index (χ1n) is 7.45. The fourth-order valence-corrected chi connectivity index (χ4v) is 1.99. The minimum atomic E-state index is -0.671. The largest absolute Gasteiger partial charge is 0.444 e. The zero-order valence-corrected chi connectivity index (χ0v) is 13.8. The van der Waals surface area contributed by atoms with Gasteiger partial charge in [-0.15, -0.1) is 0 Å². The molecule has 2 amide bonds. The van der Waals surface area contributed by atoms with Gasteiger partial charge in [-0.25, -0.2) is 4.79 Å². The summed E-state index contributed by atoms with van der Waals surface area (Å²) in [6.45, 7) is 5.24. The fourth-order valence-electron chi connectivity index (χ4n) is 1.99. The van der Waals surface area contributed by atoms with Crippen LogP contribution in [0.1, 0.15) is 31.1 Å². The number of nitrogens with zero attached hydrogens (tertiary/aromatic N) is 1. The molecule has 126 valence electrons. The minimum absolute atomic E-state index is 0.150. The van der Waals surface area contributed by atoms with Crippen LogP contribution in [0.2, 0.25) is 0 Å². The molecule has 0 unspecified atom stereocenters. The zero-order valence-electron chi connectivity index (χ0n) is 13.8. The number of ether oxygens (including phenoxy) is 1. The monoisotopic (exact) mass is 328 g/mol. The average molecular weight is 328 g/mol. The van der Waals surface area contributed by atoms with Crippen molar-refractivity contribution in [3.05, 3.63) is 60.2 Å². The first-order chi connectivity index (χ1) is 11.3. The molecule has 0 aromatic heterocycles. The zero-order chi connectivity index (χ0) is 17.7. The molecule has 0 aliphatic carbocycles. The summed E-state index contributed by atoms with van der Waals surface area (Å²) in [6.07, 6.45) is -0.671. The van der Waals surface area contributed by atoms with E-state index < -0.39 is 17.6 Å². The number of rotatable bonds is 3. The van der Waals surface area contributed by atoms with Crippen LogP contribution in [-0.2, 0) is 4.74 Å². The van der Waals surface area contributed by atoms with Gasteiger partial charge in [-0.1, -0.05) is 30.3 Å². The molecule has 0 atom stereocenters. The van der Waals surface area contributed by atoms with Gasteiger partial charge in [0.1, 0.15) is 5.60 Å². The van der Waals surface area contributed by atoms with Crippen LogP contribution in [0.3, 0.4) is 0 Å². The quantitative estimate of drug-likeness (QED) is 0.657. The summed E-state index contributed by atoms with van der Waals surface area (Å²) in [6, 6.07) is 14.8. The first-order valence-corrected chi connectivity index (χ1v) is 7.45. The third-order valence-electron chi connectivity index (χ3n) is 2.98. The summed E-state index contributed by atoms with van der Waals surface area (Å²) in [7, 11) is 0. The molecule has 0 heterocycles. The molecule has 2 N–H and O–H groups in total. The highest BCUT2D eigenvalue weighted by atomic mass is 16.6. The van der Waals surface area contributed by atoms with Crippen molar-refractivity contribution < 1.29 is 19.5 Å². The van der Waals surface area contributed by atoms with E-state index in [1.807, 2.05) is 0 Å². The van der Waals surface area contributed by atoms with E-state index in [1.54, 1.807) is 69.3 Å². The molecule has 0 saturated heterocycles. The summed E-state index contributed by atoms with van der Waals surface area (Å²) in [5, 5.41) is 13.3. The molecule has 24 heavy (non-hydrogen) atoms. The molecule has 2 aromatic rings. The molecule has 0 aliphatic heterocycles. The Balaban J connectivity index is 2.22. The molecule has 6 heteroatoms. The molecule has 0 bridgehead atoms. The Bertz CT molecular complexity index is 723. The van der Waals surface area contributed by atoms with Gasteiger partial charge in [0.05, 0.1) is 11.4 Å². The van der Waals surface area contributed by atoms with Gasteiger partial charge in [0, 0.05) is 5.56 Å². The normalized spacial score (nSPS) is 10.8. The third kappa shape index (κ3) is 4.57. The van der Waals surface area contributed by atoms with Crippen LogP contribution >= 0.6 is 0 Å². The van der Waals surface area contributed by atoms with Gasteiger partial charge in [0.15, 0.2) is 0 Å².